The Morgan fingerprint density at radius 1 is 1.55 bits per heavy atom. The smallest absolute Gasteiger partial charge is 0.191 e. The summed E-state index contributed by atoms with van der Waals surface area (Å²) in [6.07, 6.45) is 4.14. The molecule has 110 valence electrons. The Balaban J connectivity index is 1.89. The highest BCUT2D eigenvalue weighted by molar-refractivity contribution is 8.00. The number of nitrogens with zero attached hydrogens (tertiary/aromatic N) is 2. The van der Waals surface area contributed by atoms with Crippen molar-refractivity contribution in [2.24, 2.45) is 4.99 Å². The van der Waals surface area contributed by atoms with E-state index in [4.69, 9.17) is 0 Å². The van der Waals surface area contributed by atoms with Crippen LogP contribution < -0.4 is 10.6 Å². The molecule has 1 saturated heterocycles. The molecule has 0 saturated carbocycles. The van der Waals surface area contributed by atoms with Crippen molar-refractivity contribution in [1.29, 1.82) is 0 Å². The van der Waals surface area contributed by atoms with Gasteiger partial charge in [0.05, 0.1) is 12.2 Å². The van der Waals surface area contributed by atoms with Crippen LogP contribution in [0.3, 0.4) is 0 Å². The van der Waals surface area contributed by atoms with Gasteiger partial charge >= 0.3 is 0 Å². The Kier molecular flexibility index (Phi) is 6.11. The molecule has 0 amide bonds. The van der Waals surface area contributed by atoms with E-state index in [9.17, 15) is 4.39 Å². The number of guanidine groups is 1. The third kappa shape index (κ3) is 4.67. The van der Waals surface area contributed by atoms with Gasteiger partial charge in [0, 0.05) is 24.5 Å². The van der Waals surface area contributed by atoms with Crippen molar-refractivity contribution in [3.05, 3.63) is 29.8 Å². The van der Waals surface area contributed by atoms with E-state index in [1.807, 2.05) is 18.7 Å². The lowest BCUT2D eigenvalue weighted by molar-refractivity contribution is 0.599. The van der Waals surface area contributed by atoms with Gasteiger partial charge in [-0.05, 0) is 37.7 Å². The van der Waals surface area contributed by atoms with Crippen molar-refractivity contribution in [3.8, 4) is 0 Å². The van der Waals surface area contributed by atoms with Crippen molar-refractivity contribution in [2.45, 2.75) is 31.6 Å². The van der Waals surface area contributed by atoms with Crippen molar-refractivity contribution in [3.63, 3.8) is 0 Å². The summed E-state index contributed by atoms with van der Waals surface area (Å²) in [5.41, 5.74) is 0.375. The van der Waals surface area contributed by atoms with E-state index in [2.05, 4.69) is 20.6 Å². The summed E-state index contributed by atoms with van der Waals surface area (Å²) in [6, 6.07) is 3.00. The van der Waals surface area contributed by atoms with Crippen LogP contribution in [0.1, 0.15) is 25.5 Å². The molecule has 20 heavy (non-hydrogen) atoms. The fourth-order valence-corrected chi connectivity index (χ4v) is 3.25. The molecule has 1 unspecified atom stereocenters. The average Bonchev–Trinajstić information content (AvgIpc) is 2.97. The van der Waals surface area contributed by atoms with Crippen molar-refractivity contribution >= 4 is 17.7 Å². The minimum absolute atomic E-state index is 0.250. The topological polar surface area (TPSA) is 49.3 Å². The number of hydrogen-bond donors (Lipinski definition) is 2. The number of aliphatic imine (C=N–C) groups is 1. The van der Waals surface area contributed by atoms with Gasteiger partial charge in [-0.1, -0.05) is 0 Å². The molecule has 2 N–H and O–H groups in total. The maximum absolute atomic E-state index is 13.5. The summed E-state index contributed by atoms with van der Waals surface area (Å²) in [4.78, 5) is 8.39. The predicted molar refractivity (Wildman–Crippen MR) is 82.5 cm³/mol. The molecule has 0 aromatic carbocycles. The standard InChI is InChI=1S/C14H21FN4S/c1-2-16-14(18-9-11-5-4-8-20-11)19-10-13-12(15)6-3-7-17-13/h3,6-7,11H,2,4-5,8-10H2,1H3,(H2,16,18,19). The summed E-state index contributed by atoms with van der Waals surface area (Å²) >= 11 is 2.00. The SMILES string of the molecule is CCNC(=NCc1ncccc1F)NCC1CCCS1. The highest BCUT2D eigenvalue weighted by Crippen LogP contribution is 2.25. The molecule has 0 spiro atoms. The molecule has 1 aromatic rings. The first-order valence-corrected chi connectivity index (χ1v) is 8.07. The van der Waals surface area contributed by atoms with Gasteiger partial charge in [0.1, 0.15) is 5.82 Å². The van der Waals surface area contributed by atoms with Crippen molar-refractivity contribution < 1.29 is 4.39 Å². The number of nitrogens with one attached hydrogen (secondary N) is 2. The van der Waals surface area contributed by atoms with Gasteiger partial charge in [0.2, 0.25) is 0 Å². The number of thioether (sulfide) groups is 1. The molecule has 6 heteroatoms. The first kappa shape index (κ1) is 15.1. The van der Waals surface area contributed by atoms with Gasteiger partial charge in [0.15, 0.2) is 5.96 Å². The van der Waals surface area contributed by atoms with Gasteiger partial charge in [-0.15, -0.1) is 0 Å². The van der Waals surface area contributed by atoms with E-state index in [-0.39, 0.29) is 12.4 Å². The van der Waals surface area contributed by atoms with E-state index < -0.39 is 0 Å². The summed E-state index contributed by atoms with van der Waals surface area (Å²) in [5, 5.41) is 7.15. The Hall–Kier alpha value is -1.30. The molecule has 1 aromatic heterocycles. The van der Waals surface area contributed by atoms with Gasteiger partial charge in [-0.25, -0.2) is 9.38 Å². The zero-order chi connectivity index (χ0) is 14.2. The molecule has 1 fully saturated rings. The normalized spacial score (nSPS) is 19.1. The van der Waals surface area contributed by atoms with E-state index in [0.29, 0.717) is 10.9 Å². The van der Waals surface area contributed by atoms with Crippen LogP contribution in [0, 0.1) is 5.82 Å². The fourth-order valence-electron chi connectivity index (χ4n) is 2.05. The first-order valence-electron chi connectivity index (χ1n) is 7.02. The highest BCUT2D eigenvalue weighted by atomic mass is 32.2. The summed E-state index contributed by atoms with van der Waals surface area (Å²) in [6.45, 7) is 3.96. The molecule has 4 nitrogen and oxygen atoms in total. The van der Waals surface area contributed by atoms with E-state index in [1.54, 1.807) is 12.3 Å². The highest BCUT2D eigenvalue weighted by Gasteiger charge is 2.15. The summed E-state index contributed by atoms with van der Waals surface area (Å²) in [7, 11) is 0. The number of pyridine rings is 1. The lowest BCUT2D eigenvalue weighted by Crippen LogP contribution is -2.40. The molecule has 0 bridgehead atoms. The number of rotatable bonds is 5. The van der Waals surface area contributed by atoms with Crippen LogP contribution in [0.2, 0.25) is 0 Å². The monoisotopic (exact) mass is 296 g/mol. The van der Waals surface area contributed by atoms with E-state index >= 15 is 0 Å². The Bertz CT molecular complexity index is 447. The second-order valence-electron chi connectivity index (χ2n) is 4.64. The maximum atomic E-state index is 13.5. The third-order valence-electron chi connectivity index (χ3n) is 3.09. The van der Waals surface area contributed by atoms with Crippen LogP contribution in [0.15, 0.2) is 23.3 Å². The Labute approximate surface area is 123 Å². The minimum atomic E-state index is -0.307. The lowest BCUT2D eigenvalue weighted by atomic mass is 10.2. The zero-order valence-corrected chi connectivity index (χ0v) is 12.5. The predicted octanol–water partition coefficient (Wildman–Crippen LogP) is 2.17. The molecule has 1 aliphatic rings. The van der Waals surface area contributed by atoms with Crippen LogP contribution in [0.25, 0.3) is 0 Å². The van der Waals surface area contributed by atoms with Crippen molar-refractivity contribution in [1.82, 2.24) is 15.6 Å². The zero-order valence-electron chi connectivity index (χ0n) is 11.7. The maximum Gasteiger partial charge on any atom is 0.191 e. The molecule has 2 rings (SSSR count). The van der Waals surface area contributed by atoms with Crippen LogP contribution in [-0.4, -0.2) is 35.0 Å². The molecule has 0 radical (unpaired) electrons. The van der Waals surface area contributed by atoms with Gasteiger partial charge in [-0.3, -0.25) is 4.98 Å². The molecular formula is C14H21FN4S. The number of aromatic nitrogens is 1. The van der Waals surface area contributed by atoms with E-state index in [0.717, 1.165) is 19.0 Å². The molecule has 1 aliphatic heterocycles. The van der Waals surface area contributed by atoms with Crippen LogP contribution in [0.4, 0.5) is 4.39 Å². The van der Waals surface area contributed by atoms with Gasteiger partial charge in [0.25, 0.3) is 0 Å². The van der Waals surface area contributed by atoms with Gasteiger partial charge in [-0.2, -0.15) is 11.8 Å². The lowest BCUT2D eigenvalue weighted by Gasteiger charge is -2.14. The second-order valence-corrected chi connectivity index (χ2v) is 6.05. The quantitative estimate of drug-likeness (QED) is 0.646. The van der Waals surface area contributed by atoms with E-state index in [1.165, 1.54) is 24.7 Å². The Morgan fingerprint density at radius 2 is 2.45 bits per heavy atom. The third-order valence-corrected chi connectivity index (χ3v) is 4.49. The summed E-state index contributed by atoms with van der Waals surface area (Å²) < 4.78 is 13.5. The average molecular weight is 296 g/mol. The number of halogens is 1. The van der Waals surface area contributed by atoms with Crippen molar-refractivity contribution in [2.75, 3.05) is 18.8 Å². The first-order chi connectivity index (χ1) is 9.79. The molecule has 2 heterocycles. The second kappa shape index (κ2) is 8.09. The minimum Gasteiger partial charge on any atom is -0.357 e. The number of hydrogen-bond acceptors (Lipinski definition) is 3. The molecule has 0 aliphatic carbocycles. The molecule has 1 atom stereocenters. The van der Waals surface area contributed by atoms with Gasteiger partial charge < -0.3 is 10.6 Å². The van der Waals surface area contributed by atoms with Crippen LogP contribution >= 0.6 is 11.8 Å². The molecular weight excluding hydrogens is 275 g/mol. The Morgan fingerprint density at radius 3 is 3.15 bits per heavy atom. The fraction of sp³-hybridized carbons (Fsp3) is 0.571. The summed E-state index contributed by atoms with van der Waals surface area (Å²) in [5.74, 6) is 1.67. The van der Waals surface area contributed by atoms with Crippen LogP contribution in [0.5, 0.6) is 0 Å². The largest absolute Gasteiger partial charge is 0.357 e. The van der Waals surface area contributed by atoms with Crippen LogP contribution in [-0.2, 0) is 6.54 Å².